The largest absolute Gasteiger partial charge is 0.394 e. The van der Waals surface area contributed by atoms with Gasteiger partial charge in [0.1, 0.15) is 18.3 Å². The lowest BCUT2D eigenvalue weighted by atomic mass is 10.1. The predicted octanol–water partition coefficient (Wildman–Crippen LogP) is -1.28. The van der Waals surface area contributed by atoms with Crippen LogP contribution < -0.4 is 10.5 Å². The first-order valence-corrected chi connectivity index (χ1v) is 8.45. The zero-order chi connectivity index (χ0) is 17.6. The van der Waals surface area contributed by atoms with Gasteiger partial charge in [0.2, 0.25) is 5.95 Å². The van der Waals surface area contributed by atoms with Crippen LogP contribution in [0.1, 0.15) is 25.5 Å². The minimum absolute atomic E-state index is 0.154. The number of piperidine rings is 1. The van der Waals surface area contributed by atoms with Crippen molar-refractivity contribution in [1.29, 1.82) is 0 Å². The molecule has 0 saturated carbocycles. The maximum absolute atomic E-state index is 12.1. The number of aliphatic hydroxyl groups is 3. The summed E-state index contributed by atoms with van der Waals surface area (Å²) in [4.78, 5) is 25.3. The average molecular weight is 351 g/mol. The van der Waals surface area contributed by atoms with Crippen molar-refractivity contribution in [3.8, 4) is 0 Å². The highest BCUT2D eigenvalue weighted by molar-refractivity contribution is 5.73. The molecule has 2 aliphatic heterocycles. The SMILES string of the molecule is O=c1[nH]cnc2c1nc(N1CCCCC1)n2[C@H]1O[C@@H](CO)[C@@H](O)[C@H]1O. The van der Waals surface area contributed by atoms with Crippen molar-refractivity contribution in [1.82, 2.24) is 19.5 Å². The van der Waals surface area contributed by atoms with Crippen molar-refractivity contribution in [2.24, 2.45) is 0 Å². The number of ether oxygens (including phenoxy) is 1. The molecule has 4 atom stereocenters. The van der Waals surface area contributed by atoms with E-state index in [4.69, 9.17) is 4.74 Å². The fourth-order valence-corrected chi connectivity index (χ4v) is 3.55. The molecule has 2 aromatic rings. The summed E-state index contributed by atoms with van der Waals surface area (Å²) in [6.07, 6.45) is 0.0132. The molecule has 4 heterocycles. The van der Waals surface area contributed by atoms with Gasteiger partial charge in [0.25, 0.3) is 5.56 Å². The van der Waals surface area contributed by atoms with Crippen LogP contribution in [0.15, 0.2) is 11.1 Å². The fourth-order valence-electron chi connectivity index (χ4n) is 3.55. The average Bonchev–Trinajstić information content (AvgIpc) is 3.15. The number of nitrogens with zero attached hydrogens (tertiary/aromatic N) is 4. The van der Waals surface area contributed by atoms with E-state index in [1.165, 1.54) is 6.33 Å². The molecule has 10 heteroatoms. The second-order valence-corrected chi connectivity index (χ2v) is 6.46. The number of aromatic nitrogens is 4. The highest BCUT2D eigenvalue weighted by atomic mass is 16.6. The van der Waals surface area contributed by atoms with Gasteiger partial charge in [0, 0.05) is 13.1 Å². The molecule has 10 nitrogen and oxygen atoms in total. The van der Waals surface area contributed by atoms with E-state index >= 15 is 0 Å². The van der Waals surface area contributed by atoms with Gasteiger partial charge in [-0.2, -0.15) is 0 Å². The van der Waals surface area contributed by atoms with Crippen LogP contribution >= 0.6 is 0 Å². The van der Waals surface area contributed by atoms with Gasteiger partial charge in [0.15, 0.2) is 17.4 Å². The molecule has 25 heavy (non-hydrogen) atoms. The molecule has 136 valence electrons. The van der Waals surface area contributed by atoms with Crippen LogP contribution in [0.5, 0.6) is 0 Å². The maximum Gasteiger partial charge on any atom is 0.278 e. The summed E-state index contributed by atoms with van der Waals surface area (Å²) in [5.41, 5.74) is 0.0497. The predicted molar refractivity (Wildman–Crippen MR) is 87.2 cm³/mol. The van der Waals surface area contributed by atoms with E-state index in [1.807, 2.05) is 4.90 Å². The van der Waals surface area contributed by atoms with Crippen LogP contribution in [0.25, 0.3) is 11.2 Å². The summed E-state index contributed by atoms with van der Waals surface area (Å²) in [7, 11) is 0. The van der Waals surface area contributed by atoms with Gasteiger partial charge < -0.3 is 29.9 Å². The standard InChI is InChI=1S/C15H21N5O5/c21-6-8-10(22)11(23)14(25-8)20-12-9(13(24)17-7-16-12)18-15(20)19-4-2-1-3-5-19/h7-8,10-11,14,21-23H,1-6H2,(H,16,17,24)/t8-,10+,11+,14-/m0/s1. The Morgan fingerprint density at radius 3 is 2.68 bits per heavy atom. The minimum Gasteiger partial charge on any atom is -0.394 e. The number of aromatic amines is 1. The van der Waals surface area contributed by atoms with Crippen LogP contribution in [-0.2, 0) is 4.74 Å². The Balaban J connectivity index is 1.86. The van der Waals surface area contributed by atoms with E-state index in [-0.39, 0.29) is 16.7 Å². The van der Waals surface area contributed by atoms with Crippen LogP contribution in [0, 0.1) is 0 Å². The summed E-state index contributed by atoms with van der Waals surface area (Å²) >= 11 is 0. The first-order valence-electron chi connectivity index (χ1n) is 8.45. The number of H-pyrrole nitrogens is 1. The highest BCUT2D eigenvalue weighted by Gasteiger charge is 2.45. The van der Waals surface area contributed by atoms with Gasteiger partial charge in [-0.25, -0.2) is 9.97 Å². The van der Waals surface area contributed by atoms with Crippen LogP contribution in [0.2, 0.25) is 0 Å². The molecule has 0 aromatic carbocycles. The van der Waals surface area contributed by atoms with Gasteiger partial charge in [-0.05, 0) is 19.3 Å². The lowest BCUT2D eigenvalue weighted by Crippen LogP contribution is -2.35. The van der Waals surface area contributed by atoms with E-state index in [0.29, 0.717) is 5.95 Å². The molecular weight excluding hydrogens is 330 g/mol. The minimum atomic E-state index is -1.26. The first kappa shape index (κ1) is 16.5. The number of nitrogens with one attached hydrogen (secondary N) is 1. The number of rotatable bonds is 3. The van der Waals surface area contributed by atoms with E-state index < -0.39 is 31.1 Å². The maximum atomic E-state index is 12.1. The monoisotopic (exact) mass is 351 g/mol. The topological polar surface area (TPSA) is 137 Å². The Morgan fingerprint density at radius 2 is 2.00 bits per heavy atom. The number of imidazole rings is 1. The number of fused-ring (bicyclic) bond motifs is 1. The molecule has 2 fully saturated rings. The van der Waals surface area contributed by atoms with Gasteiger partial charge in [-0.3, -0.25) is 9.36 Å². The lowest BCUT2D eigenvalue weighted by molar-refractivity contribution is -0.0504. The molecule has 0 unspecified atom stereocenters. The number of hydrogen-bond acceptors (Lipinski definition) is 8. The van der Waals surface area contributed by atoms with Crippen molar-refractivity contribution in [3.63, 3.8) is 0 Å². The van der Waals surface area contributed by atoms with Crippen molar-refractivity contribution in [2.75, 3.05) is 24.6 Å². The fraction of sp³-hybridized carbons (Fsp3) is 0.667. The second kappa shape index (κ2) is 6.37. The number of anilines is 1. The van der Waals surface area contributed by atoms with Crippen molar-refractivity contribution >= 4 is 17.1 Å². The third-order valence-electron chi connectivity index (χ3n) is 4.88. The zero-order valence-electron chi connectivity index (χ0n) is 13.6. The molecule has 2 aliphatic rings. The Hall–Kier alpha value is -2.01. The Morgan fingerprint density at radius 1 is 1.24 bits per heavy atom. The summed E-state index contributed by atoms with van der Waals surface area (Å²) in [6.45, 7) is 1.13. The third kappa shape index (κ3) is 2.61. The normalized spacial score (nSPS) is 30.3. The highest BCUT2D eigenvalue weighted by Crippen LogP contribution is 2.35. The lowest BCUT2D eigenvalue weighted by Gasteiger charge is -2.30. The Kier molecular flexibility index (Phi) is 4.20. The van der Waals surface area contributed by atoms with E-state index in [9.17, 15) is 20.1 Å². The molecule has 2 saturated heterocycles. The first-order chi connectivity index (χ1) is 12.1. The summed E-state index contributed by atoms with van der Waals surface area (Å²) in [6, 6.07) is 0. The van der Waals surface area contributed by atoms with Crippen molar-refractivity contribution in [3.05, 3.63) is 16.7 Å². The van der Waals surface area contributed by atoms with Gasteiger partial charge in [-0.1, -0.05) is 0 Å². The number of hydrogen-bond donors (Lipinski definition) is 4. The Bertz CT molecular complexity index is 814. The molecule has 0 radical (unpaired) electrons. The van der Waals surface area contributed by atoms with Crippen LogP contribution in [0.4, 0.5) is 5.95 Å². The van der Waals surface area contributed by atoms with Crippen LogP contribution in [0.3, 0.4) is 0 Å². The van der Waals surface area contributed by atoms with Crippen molar-refractivity contribution < 1.29 is 20.1 Å². The molecule has 0 bridgehead atoms. The smallest absolute Gasteiger partial charge is 0.278 e. The van der Waals surface area contributed by atoms with E-state index in [1.54, 1.807) is 4.57 Å². The molecule has 4 rings (SSSR count). The molecule has 0 aliphatic carbocycles. The van der Waals surface area contributed by atoms with Gasteiger partial charge in [-0.15, -0.1) is 0 Å². The van der Waals surface area contributed by atoms with Gasteiger partial charge >= 0.3 is 0 Å². The molecule has 0 spiro atoms. The van der Waals surface area contributed by atoms with Gasteiger partial charge in [0.05, 0.1) is 12.9 Å². The van der Waals surface area contributed by atoms with E-state index in [2.05, 4.69) is 15.0 Å². The molecule has 4 N–H and O–H groups in total. The zero-order valence-corrected chi connectivity index (χ0v) is 13.6. The van der Waals surface area contributed by atoms with E-state index in [0.717, 1.165) is 32.4 Å². The van der Waals surface area contributed by atoms with Crippen molar-refractivity contribution in [2.45, 2.75) is 43.8 Å². The molecule has 0 amide bonds. The molecule has 2 aromatic heterocycles. The third-order valence-corrected chi connectivity index (χ3v) is 4.88. The quantitative estimate of drug-likeness (QED) is 0.537. The summed E-state index contributed by atoms with van der Waals surface area (Å²) in [5, 5.41) is 29.8. The van der Waals surface area contributed by atoms with Crippen LogP contribution in [-0.4, -0.2) is 72.8 Å². The molecular formula is C15H21N5O5. The second-order valence-electron chi connectivity index (χ2n) is 6.46. The Labute approximate surface area is 142 Å². The number of aliphatic hydroxyl groups excluding tert-OH is 3. The summed E-state index contributed by atoms with van der Waals surface area (Å²) < 4.78 is 7.21. The summed E-state index contributed by atoms with van der Waals surface area (Å²) in [5.74, 6) is 0.480.